The summed E-state index contributed by atoms with van der Waals surface area (Å²) < 4.78 is 18.6. The third kappa shape index (κ3) is 3.89. The standard InChI is InChI=1S/C16H16ClFN2O2/c1-10-7-14(15(22-2)8-11(10)17)20-16(21)9-19-13-6-4-3-5-12(13)18/h3-8,19H,9H2,1-2H3,(H,20,21). The van der Waals surface area contributed by atoms with Gasteiger partial charge >= 0.3 is 0 Å². The summed E-state index contributed by atoms with van der Waals surface area (Å²) in [6, 6.07) is 9.53. The number of carbonyl (C=O) groups excluding carboxylic acids is 1. The summed E-state index contributed by atoms with van der Waals surface area (Å²) >= 11 is 6.01. The highest BCUT2D eigenvalue weighted by Gasteiger charge is 2.11. The maximum Gasteiger partial charge on any atom is 0.243 e. The van der Waals surface area contributed by atoms with Crippen molar-refractivity contribution in [2.45, 2.75) is 6.92 Å². The van der Waals surface area contributed by atoms with Crippen molar-refractivity contribution < 1.29 is 13.9 Å². The summed E-state index contributed by atoms with van der Waals surface area (Å²) in [4.78, 5) is 12.0. The lowest BCUT2D eigenvalue weighted by molar-refractivity contribution is -0.114. The van der Waals surface area contributed by atoms with Crippen molar-refractivity contribution in [1.29, 1.82) is 0 Å². The minimum atomic E-state index is -0.407. The molecule has 0 saturated heterocycles. The van der Waals surface area contributed by atoms with Gasteiger partial charge in [0.15, 0.2) is 0 Å². The van der Waals surface area contributed by atoms with Crippen LogP contribution in [0.3, 0.4) is 0 Å². The molecular formula is C16H16ClFN2O2. The Hall–Kier alpha value is -2.27. The van der Waals surface area contributed by atoms with Crippen LogP contribution in [-0.4, -0.2) is 19.6 Å². The summed E-state index contributed by atoms with van der Waals surface area (Å²) in [6.07, 6.45) is 0. The zero-order valence-corrected chi connectivity index (χ0v) is 13.0. The van der Waals surface area contributed by atoms with Crippen LogP contribution in [0.15, 0.2) is 36.4 Å². The third-order valence-electron chi connectivity index (χ3n) is 3.07. The first-order chi connectivity index (χ1) is 10.5. The monoisotopic (exact) mass is 322 g/mol. The van der Waals surface area contributed by atoms with Crippen LogP contribution in [0.1, 0.15) is 5.56 Å². The quantitative estimate of drug-likeness (QED) is 0.879. The minimum Gasteiger partial charge on any atom is -0.495 e. The van der Waals surface area contributed by atoms with Crippen LogP contribution in [0.5, 0.6) is 5.75 Å². The lowest BCUT2D eigenvalue weighted by atomic mass is 10.2. The number of nitrogens with one attached hydrogen (secondary N) is 2. The average molecular weight is 323 g/mol. The van der Waals surface area contributed by atoms with Crippen molar-refractivity contribution in [2.75, 3.05) is 24.3 Å². The fraction of sp³-hybridized carbons (Fsp3) is 0.188. The number of anilines is 2. The molecule has 0 fully saturated rings. The first kappa shape index (κ1) is 16.1. The number of rotatable bonds is 5. The van der Waals surface area contributed by atoms with Crippen molar-refractivity contribution >= 4 is 28.9 Å². The number of benzene rings is 2. The summed E-state index contributed by atoms with van der Waals surface area (Å²) in [5, 5.41) is 6.01. The molecule has 0 radical (unpaired) electrons. The topological polar surface area (TPSA) is 50.4 Å². The van der Waals surface area contributed by atoms with Gasteiger partial charge in [0.25, 0.3) is 0 Å². The lowest BCUT2D eigenvalue weighted by Gasteiger charge is -2.13. The molecule has 0 aromatic heterocycles. The molecular weight excluding hydrogens is 307 g/mol. The van der Waals surface area contributed by atoms with Gasteiger partial charge in [-0.15, -0.1) is 0 Å². The van der Waals surface area contributed by atoms with Crippen LogP contribution >= 0.6 is 11.6 Å². The Bertz CT molecular complexity index is 692. The highest BCUT2D eigenvalue weighted by molar-refractivity contribution is 6.31. The summed E-state index contributed by atoms with van der Waals surface area (Å²) in [7, 11) is 1.49. The van der Waals surface area contributed by atoms with E-state index in [0.717, 1.165) is 5.56 Å². The number of methoxy groups -OCH3 is 1. The second kappa shape index (κ2) is 7.13. The molecule has 0 bridgehead atoms. The zero-order valence-electron chi connectivity index (χ0n) is 12.2. The van der Waals surface area contributed by atoms with Crippen LogP contribution in [0.2, 0.25) is 5.02 Å². The van der Waals surface area contributed by atoms with Crippen LogP contribution in [-0.2, 0) is 4.79 Å². The van der Waals surface area contributed by atoms with Gasteiger partial charge in [-0.1, -0.05) is 23.7 Å². The zero-order chi connectivity index (χ0) is 16.1. The van der Waals surface area contributed by atoms with E-state index in [2.05, 4.69) is 10.6 Å². The van der Waals surface area contributed by atoms with E-state index in [1.165, 1.54) is 13.2 Å². The number of aryl methyl sites for hydroxylation is 1. The Labute approximate surface area is 133 Å². The molecule has 0 aliphatic carbocycles. The fourth-order valence-corrected chi connectivity index (χ4v) is 2.06. The second-order valence-corrected chi connectivity index (χ2v) is 5.09. The predicted molar refractivity (Wildman–Crippen MR) is 86.3 cm³/mol. The molecule has 0 unspecified atom stereocenters. The van der Waals surface area contributed by atoms with E-state index in [0.29, 0.717) is 16.5 Å². The molecule has 0 aliphatic rings. The van der Waals surface area contributed by atoms with Crippen LogP contribution < -0.4 is 15.4 Å². The fourth-order valence-electron chi connectivity index (χ4n) is 1.90. The Morgan fingerprint density at radius 3 is 2.68 bits per heavy atom. The molecule has 6 heteroatoms. The predicted octanol–water partition coefficient (Wildman–Crippen LogP) is 3.85. The summed E-state index contributed by atoms with van der Waals surface area (Å²) in [6.45, 7) is 1.76. The van der Waals surface area contributed by atoms with E-state index in [1.807, 2.05) is 6.92 Å². The molecule has 2 aromatic carbocycles. The van der Waals surface area contributed by atoms with Gasteiger partial charge in [-0.25, -0.2) is 4.39 Å². The maximum absolute atomic E-state index is 13.5. The highest BCUT2D eigenvalue weighted by Crippen LogP contribution is 2.30. The Kier molecular flexibility index (Phi) is 5.22. The molecule has 2 aromatic rings. The number of para-hydroxylation sites is 1. The molecule has 0 aliphatic heterocycles. The minimum absolute atomic E-state index is 0.0637. The van der Waals surface area contributed by atoms with Crippen LogP contribution in [0.25, 0.3) is 0 Å². The SMILES string of the molecule is COc1cc(Cl)c(C)cc1NC(=O)CNc1ccccc1F. The van der Waals surface area contributed by atoms with Crippen molar-refractivity contribution in [1.82, 2.24) is 0 Å². The Morgan fingerprint density at radius 2 is 2.00 bits per heavy atom. The normalized spacial score (nSPS) is 10.2. The van der Waals surface area contributed by atoms with Gasteiger partial charge < -0.3 is 15.4 Å². The maximum atomic E-state index is 13.5. The van der Waals surface area contributed by atoms with E-state index in [-0.39, 0.29) is 18.1 Å². The van der Waals surface area contributed by atoms with Crippen molar-refractivity contribution in [2.24, 2.45) is 0 Å². The molecule has 116 valence electrons. The molecule has 0 saturated carbocycles. The van der Waals surface area contributed by atoms with Gasteiger partial charge in [-0.05, 0) is 30.7 Å². The van der Waals surface area contributed by atoms with Crippen molar-refractivity contribution in [3.8, 4) is 5.75 Å². The molecule has 22 heavy (non-hydrogen) atoms. The number of hydrogen-bond donors (Lipinski definition) is 2. The Morgan fingerprint density at radius 1 is 1.27 bits per heavy atom. The van der Waals surface area contributed by atoms with Gasteiger partial charge in [-0.2, -0.15) is 0 Å². The molecule has 1 amide bonds. The molecule has 0 heterocycles. The number of ether oxygens (including phenoxy) is 1. The first-order valence-corrected chi connectivity index (χ1v) is 7.01. The second-order valence-electron chi connectivity index (χ2n) is 4.68. The van der Waals surface area contributed by atoms with Crippen LogP contribution in [0.4, 0.5) is 15.8 Å². The van der Waals surface area contributed by atoms with Gasteiger partial charge in [0.05, 0.1) is 25.0 Å². The van der Waals surface area contributed by atoms with E-state index < -0.39 is 5.82 Å². The molecule has 0 spiro atoms. The molecule has 2 rings (SSSR count). The molecule has 4 nitrogen and oxygen atoms in total. The summed E-state index contributed by atoms with van der Waals surface area (Å²) in [5.74, 6) is -0.256. The Balaban J connectivity index is 2.03. The largest absolute Gasteiger partial charge is 0.495 e. The van der Waals surface area contributed by atoms with Crippen molar-refractivity contribution in [3.63, 3.8) is 0 Å². The number of hydrogen-bond acceptors (Lipinski definition) is 3. The van der Waals surface area contributed by atoms with Crippen molar-refractivity contribution in [3.05, 3.63) is 52.8 Å². The van der Waals surface area contributed by atoms with E-state index in [9.17, 15) is 9.18 Å². The third-order valence-corrected chi connectivity index (χ3v) is 3.48. The number of halogens is 2. The number of amides is 1. The van der Waals surface area contributed by atoms with Gasteiger partial charge in [0.2, 0.25) is 5.91 Å². The summed E-state index contributed by atoms with van der Waals surface area (Å²) in [5.41, 5.74) is 1.61. The smallest absolute Gasteiger partial charge is 0.243 e. The number of carbonyl (C=O) groups is 1. The highest BCUT2D eigenvalue weighted by atomic mass is 35.5. The molecule has 0 atom stereocenters. The van der Waals surface area contributed by atoms with E-state index in [4.69, 9.17) is 16.3 Å². The molecule has 2 N–H and O–H groups in total. The van der Waals surface area contributed by atoms with Gasteiger partial charge in [0.1, 0.15) is 11.6 Å². The average Bonchev–Trinajstić information content (AvgIpc) is 2.50. The van der Waals surface area contributed by atoms with E-state index in [1.54, 1.807) is 30.3 Å². The van der Waals surface area contributed by atoms with Gasteiger partial charge in [-0.3, -0.25) is 4.79 Å². The van der Waals surface area contributed by atoms with Crippen LogP contribution in [0, 0.1) is 12.7 Å². The first-order valence-electron chi connectivity index (χ1n) is 6.63. The lowest BCUT2D eigenvalue weighted by Crippen LogP contribution is -2.22. The van der Waals surface area contributed by atoms with E-state index >= 15 is 0 Å². The van der Waals surface area contributed by atoms with Gasteiger partial charge in [0, 0.05) is 11.1 Å².